The summed E-state index contributed by atoms with van der Waals surface area (Å²) in [6.45, 7) is 2.15. The molecular formula is C27H18NO2S+. The number of benzene rings is 4. The molecule has 3 heterocycles. The van der Waals surface area contributed by atoms with Gasteiger partial charge in [0.15, 0.2) is 10.3 Å². The lowest BCUT2D eigenvalue weighted by molar-refractivity contribution is -0.636. The Morgan fingerprint density at radius 1 is 0.710 bits per heavy atom. The smallest absolute Gasteiger partial charge is 0.393 e. The highest BCUT2D eigenvalue weighted by atomic mass is 32.1. The summed E-state index contributed by atoms with van der Waals surface area (Å²) in [7, 11) is 2.08. The van der Waals surface area contributed by atoms with Crippen LogP contribution in [0, 0.1) is 6.92 Å². The number of hydrogen-bond acceptors (Lipinski definition) is 3. The molecule has 0 fully saturated rings. The molecule has 0 aliphatic heterocycles. The van der Waals surface area contributed by atoms with E-state index < -0.39 is 0 Å². The third-order valence-electron chi connectivity index (χ3n) is 6.29. The van der Waals surface area contributed by atoms with Crippen molar-refractivity contribution in [2.24, 2.45) is 7.05 Å². The second kappa shape index (κ2) is 5.96. The maximum atomic E-state index is 6.61. The number of nitrogens with zero attached hydrogens (tertiary/aromatic N) is 1. The number of para-hydroxylation sites is 1. The van der Waals surface area contributed by atoms with E-state index in [1.54, 1.807) is 11.3 Å². The van der Waals surface area contributed by atoms with Crippen molar-refractivity contribution in [3.8, 4) is 10.6 Å². The van der Waals surface area contributed by atoms with E-state index in [9.17, 15) is 0 Å². The maximum absolute atomic E-state index is 6.61. The first-order valence-electron chi connectivity index (χ1n) is 10.3. The molecule has 0 amide bonds. The number of rotatable bonds is 1. The molecule has 0 unspecified atom stereocenters. The summed E-state index contributed by atoms with van der Waals surface area (Å²) >= 11 is 1.76. The van der Waals surface area contributed by atoms with E-state index in [1.807, 2.05) is 12.1 Å². The average Bonchev–Trinajstić information content (AvgIpc) is 3.45. The molecule has 0 aliphatic carbocycles. The fraction of sp³-hybridized carbons (Fsp3) is 0.0741. The fourth-order valence-electron chi connectivity index (χ4n) is 4.74. The van der Waals surface area contributed by atoms with Crippen molar-refractivity contribution in [3.05, 3.63) is 78.4 Å². The van der Waals surface area contributed by atoms with Crippen molar-refractivity contribution >= 4 is 65.4 Å². The second-order valence-corrected chi connectivity index (χ2v) is 9.10. The van der Waals surface area contributed by atoms with Crippen molar-refractivity contribution in [2.45, 2.75) is 6.92 Å². The molecular weight excluding hydrogens is 402 g/mol. The van der Waals surface area contributed by atoms with E-state index in [0.29, 0.717) is 0 Å². The molecule has 3 nitrogen and oxygen atoms in total. The van der Waals surface area contributed by atoms with Crippen LogP contribution in [0.15, 0.2) is 81.6 Å². The zero-order chi connectivity index (χ0) is 20.7. The molecule has 7 aromatic rings. The second-order valence-electron chi connectivity index (χ2n) is 8.10. The molecule has 0 bridgehead atoms. The van der Waals surface area contributed by atoms with Gasteiger partial charge >= 0.3 is 5.71 Å². The van der Waals surface area contributed by atoms with Gasteiger partial charge in [-0.2, -0.15) is 4.57 Å². The number of aromatic nitrogens is 1. The quantitative estimate of drug-likeness (QED) is 0.257. The number of furan rings is 2. The molecule has 0 atom stereocenters. The molecule has 0 N–H and O–H groups in total. The molecule has 148 valence electrons. The van der Waals surface area contributed by atoms with Crippen LogP contribution in [0.3, 0.4) is 0 Å². The lowest BCUT2D eigenvalue weighted by Gasteiger charge is -2.01. The third kappa shape index (κ3) is 2.20. The Morgan fingerprint density at radius 3 is 2.35 bits per heavy atom. The van der Waals surface area contributed by atoms with Gasteiger partial charge in [0.05, 0.1) is 0 Å². The average molecular weight is 421 g/mol. The first-order chi connectivity index (χ1) is 15.2. The predicted molar refractivity (Wildman–Crippen MR) is 128 cm³/mol. The van der Waals surface area contributed by atoms with Gasteiger partial charge in [0, 0.05) is 21.5 Å². The zero-order valence-electron chi connectivity index (χ0n) is 17.1. The highest BCUT2D eigenvalue weighted by Crippen LogP contribution is 2.43. The SMILES string of the molecule is Cc1ccc2c(oc3c4ccccc4ccc23)c1-c1sc2c3ccccc3oc2[n+]1C. The molecule has 0 saturated heterocycles. The van der Waals surface area contributed by atoms with E-state index in [4.69, 9.17) is 8.83 Å². The van der Waals surface area contributed by atoms with E-state index in [1.165, 1.54) is 15.6 Å². The minimum absolute atomic E-state index is 0.902. The topological polar surface area (TPSA) is 30.2 Å². The van der Waals surface area contributed by atoms with Crippen LogP contribution in [-0.4, -0.2) is 0 Å². The van der Waals surface area contributed by atoms with Crippen LogP contribution in [-0.2, 0) is 7.05 Å². The summed E-state index contributed by atoms with van der Waals surface area (Å²) in [6, 6.07) is 25.4. The van der Waals surface area contributed by atoms with Gasteiger partial charge in [-0.05, 0) is 36.1 Å². The maximum Gasteiger partial charge on any atom is 0.393 e. The van der Waals surface area contributed by atoms with Gasteiger partial charge in [0.2, 0.25) is 0 Å². The fourth-order valence-corrected chi connectivity index (χ4v) is 6.05. The van der Waals surface area contributed by atoms with Crippen molar-refractivity contribution in [3.63, 3.8) is 0 Å². The lowest BCUT2D eigenvalue weighted by atomic mass is 10.0. The van der Waals surface area contributed by atoms with E-state index in [2.05, 4.69) is 79.2 Å². The van der Waals surface area contributed by atoms with Crippen LogP contribution in [0.1, 0.15) is 5.56 Å². The van der Waals surface area contributed by atoms with E-state index >= 15 is 0 Å². The van der Waals surface area contributed by atoms with Crippen molar-refractivity contribution in [1.82, 2.24) is 0 Å². The standard InChI is InChI=1S/C27H18NO2S/c1-15-11-13-19-18-14-12-16-7-3-4-8-17(16)23(18)30-24(19)22(15)27-28(2)26-25(31-27)20-9-5-6-10-21(20)29-26/h3-14H,1-2H3/q+1. The molecule has 0 saturated carbocycles. The molecule has 4 heteroatoms. The predicted octanol–water partition coefficient (Wildman–Crippen LogP) is 7.50. The number of hydrogen-bond donors (Lipinski definition) is 0. The summed E-state index contributed by atoms with van der Waals surface area (Å²) in [5.74, 6) is 0. The highest BCUT2D eigenvalue weighted by Gasteiger charge is 2.29. The number of fused-ring (bicyclic) bond motifs is 8. The lowest BCUT2D eigenvalue weighted by Crippen LogP contribution is -2.28. The third-order valence-corrected chi connectivity index (χ3v) is 7.56. The summed E-state index contributed by atoms with van der Waals surface area (Å²) in [4.78, 5) is 0. The molecule has 3 aromatic heterocycles. The van der Waals surface area contributed by atoms with Crippen LogP contribution in [0.2, 0.25) is 0 Å². The van der Waals surface area contributed by atoms with Gasteiger partial charge in [-0.3, -0.25) is 0 Å². The van der Waals surface area contributed by atoms with Gasteiger partial charge in [0.25, 0.3) is 5.01 Å². The Balaban J connectivity index is 1.61. The minimum atomic E-state index is 0.902. The van der Waals surface area contributed by atoms with Crippen LogP contribution in [0.25, 0.3) is 64.7 Å². The normalized spacial score (nSPS) is 12.2. The highest BCUT2D eigenvalue weighted by molar-refractivity contribution is 7.22. The van der Waals surface area contributed by atoms with Crippen molar-refractivity contribution in [2.75, 3.05) is 0 Å². The Labute approximate surface area is 181 Å². The monoisotopic (exact) mass is 420 g/mol. The van der Waals surface area contributed by atoms with Gasteiger partial charge in [-0.25, -0.2) is 0 Å². The van der Waals surface area contributed by atoms with Gasteiger partial charge in [-0.1, -0.05) is 65.9 Å². The van der Waals surface area contributed by atoms with Crippen LogP contribution < -0.4 is 4.57 Å². The van der Waals surface area contributed by atoms with Gasteiger partial charge < -0.3 is 8.83 Å². The molecule has 7 rings (SSSR count). The molecule has 31 heavy (non-hydrogen) atoms. The summed E-state index contributed by atoms with van der Waals surface area (Å²) in [5.41, 5.74) is 6.05. The Bertz CT molecular complexity index is 1820. The molecule has 0 aliphatic rings. The molecule has 4 aromatic carbocycles. The first-order valence-corrected chi connectivity index (χ1v) is 11.2. The van der Waals surface area contributed by atoms with E-state index in [0.717, 1.165) is 54.6 Å². The van der Waals surface area contributed by atoms with Gasteiger partial charge in [0.1, 0.15) is 23.8 Å². The molecule has 0 spiro atoms. The van der Waals surface area contributed by atoms with Crippen LogP contribution >= 0.6 is 11.3 Å². The van der Waals surface area contributed by atoms with Gasteiger partial charge in [-0.15, -0.1) is 0 Å². The number of thiazole rings is 1. The Hall–Kier alpha value is -3.63. The summed E-state index contributed by atoms with van der Waals surface area (Å²) < 4.78 is 16.1. The number of aryl methyl sites for hydroxylation is 2. The van der Waals surface area contributed by atoms with Crippen molar-refractivity contribution in [1.29, 1.82) is 0 Å². The molecule has 0 radical (unpaired) electrons. The summed E-state index contributed by atoms with van der Waals surface area (Å²) in [5, 5.41) is 6.95. The largest absolute Gasteiger partial charge is 0.454 e. The zero-order valence-corrected chi connectivity index (χ0v) is 17.9. The van der Waals surface area contributed by atoms with Crippen LogP contribution in [0.4, 0.5) is 0 Å². The minimum Gasteiger partial charge on any atom is -0.454 e. The first kappa shape index (κ1) is 17.1. The van der Waals surface area contributed by atoms with E-state index in [-0.39, 0.29) is 0 Å². The van der Waals surface area contributed by atoms with Crippen molar-refractivity contribution < 1.29 is 13.4 Å². The summed E-state index contributed by atoms with van der Waals surface area (Å²) in [6.07, 6.45) is 0. The Kier molecular flexibility index (Phi) is 3.29. The van der Waals surface area contributed by atoms with Crippen LogP contribution in [0.5, 0.6) is 0 Å². The Morgan fingerprint density at radius 2 is 1.45 bits per heavy atom.